The highest BCUT2D eigenvalue weighted by molar-refractivity contribution is 6.30. The maximum Gasteiger partial charge on any atom is 0.313 e. The Morgan fingerprint density at radius 3 is 2.48 bits per heavy atom. The monoisotopic (exact) mass is 308 g/mol. The Kier molecular flexibility index (Phi) is 6.56. The van der Waals surface area contributed by atoms with Gasteiger partial charge < -0.3 is 4.74 Å². The number of rotatable bonds is 7. The van der Waals surface area contributed by atoms with E-state index in [1.165, 1.54) is 32.1 Å². The summed E-state index contributed by atoms with van der Waals surface area (Å²) in [6.07, 6.45) is 9.30. The van der Waals surface area contributed by atoms with Crippen LogP contribution in [0.1, 0.15) is 69.8 Å². The van der Waals surface area contributed by atoms with Crippen LogP contribution in [0.15, 0.2) is 24.3 Å². The second kappa shape index (κ2) is 8.43. The van der Waals surface area contributed by atoms with E-state index in [1.807, 2.05) is 24.3 Å². The van der Waals surface area contributed by atoms with Gasteiger partial charge in [0.25, 0.3) is 0 Å². The summed E-state index contributed by atoms with van der Waals surface area (Å²) < 4.78 is 5.62. The van der Waals surface area contributed by atoms with Crippen molar-refractivity contribution in [1.82, 2.24) is 0 Å². The Morgan fingerprint density at radius 2 is 1.81 bits per heavy atom. The molecule has 0 radical (unpaired) electrons. The first-order chi connectivity index (χ1) is 10.2. The second-order valence-electron chi connectivity index (χ2n) is 5.94. The Labute approximate surface area is 132 Å². The van der Waals surface area contributed by atoms with Crippen molar-refractivity contribution >= 4 is 17.6 Å². The molecule has 1 aliphatic heterocycles. The van der Waals surface area contributed by atoms with Gasteiger partial charge in [-0.25, -0.2) is 0 Å². The molecule has 21 heavy (non-hydrogen) atoms. The number of halogens is 1. The molecule has 1 aliphatic rings. The maximum absolute atomic E-state index is 12.2. The smallest absolute Gasteiger partial charge is 0.313 e. The number of benzene rings is 1. The third-order valence-electron chi connectivity index (χ3n) is 4.25. The summed E-state index contributed by atoms with van der Waals surface area (Å²) in [6, 6.07) is 7.53. The van der Waals surface area contributed by atoms with E-state index in [-0.39, 0.29) is 18.0 Å². The number of unbranched alkanes of at least 4 members (excludes halogenated alkanes) is 4. The lowest BCUT2D eigenvalue weighted by atomic mass is 9.89. The zero-order valence-electron chi connectivity index (χ0n) is 12.8. The summed E-state index contributed by atoms with van der Waals surface area (Å²) in [4.78, 5) is 12.2. The van der Waals surface area contributed by atoms with Crippen LogP contribution in [-0.4, -0.2) is 12.1 Å². The highest BCUT2D eigenvalue weighted by Gasteiger charge is 2.30. The zero-order valence-corrected chi connectivity index (χ0v) is 13.6. The van der Waals surface area contributed by atoms with Crippen LogP contribution in [0.4, 0.5) is 0 Å². The predicted octanol–water partition coefficient (Wildman–Crippen LogP) is 5.49. The van der Waals surface area contributed by atoms with Crippen molar-refractivity contribution in [3.8, 4) is 0 Å². The second-order valence-corrected chi connectivity index (χ2v) is 6.38. The molecule has 2 rings (SSSR count). The molecule has 0 amide bonds. The maximum atomic E-state index is 12.2. The van der Waals surface area contributed by atoms with Gasteiger partial charge in [-0.2, -0.15) is 0 Å². The molecule has 2 unspecified atom stereocenters. The molecule has 0 aromatic heterocycles. The van der Waals surface area contributed by atoms with Crippen LogP contribution < -0.4 is 0 Å². The van der Waals surface area contributed by atoms with Crippen LogP contribution in [-0.2, 0) is 9.53 Å². The lowest BCUT2D eigenvalue weighted by Gasteiger charge is -2.28. The van der Waals surface area contributed by atoms with Gasteiger partial charge in [0.15, 0.2) is 0 Å². The van der Waals surface area contributed by atoms with Crippen LogP contribution in [0.25, 0.3) is 0 Å². The number of hydrogen-bond acceptors (Lipinski definition) is 2. The highest BCUT2D eigenvalue weighted by atomic mass is 35.5. The van der Waals surface area contributed by atoms with Gasteiger partial charge in [0.1, 0.15) is 6.10 Å². The van der Waals surface area contributed by atoms with Crippen molar-refractivity contribution in [2.24, 2.45) is 0 Å². The van der Waals surface area contributed by atoms with Crippen molar-refractivity contribution in [2.45, 2.75) is 70.3 Å². The van der Waals surface area contributed by atoms with Gasteiger partial charge in [0.2, 0.25) is 0 Å². The third kappa shape index (κ3) is 5.03. The van der Waals surface area contributed by atoms with Gasteiger partial charge in [-0.15, -0.1) is 0 Å². The van der Waals surface area contributed by atoms with Crippen LogP contribution in [0.2, 0.25) is 5.02 Å². The molecule has 2 nitrogen and oxygen atoms in total. The van der Waals surface area contributed by atoms with Crippen molar-refractivity contribution in [2.75, 3.05) is 0 Å². The summed E-state index contributed by atoms with van der Waals surface area (Å²) in [7, 11) is 0. The van der Waals surface area contributed by atoms with Gasteiger partial charge >= 0.3 is 5.97 Å². The normalized spacial score (nSPS) is 22.1. The first-order valence-corrected chi connectivity index (χ1v) is 8.54. The number of ether oxygens (including phenoxy) is 1. The number of esters is 1. The highest BCUT2D eigenvalue weighted by Crippen LogP contribution is 2.31. The predicted molar refractivity (Wildman–Crippen MR) is 86.7 cm³/mol. The minimum absolute atomic E-state index is 0.0675. The minimum atomic E-state index is -0.112. The molecule has 0 aliphatic carbocycles. The molecule has 0 saturated carbocycles. The van der Waals surface area contributed by atoms with E-state index in [0.29, 0.717) is 5.02 Å². The molecule has 1 heterocycles. The summed E-state index contributed by atoms with van der Waals surface area (Å²) in [5, 5.41) is 0.702. The van der Waals surface area contributed by atoms with Gasteiger partial charge in [-0.3, -0.25) is 4.79 Å². The lowest BCUT2D eigenvalue weighted by molar-refractivity contribution is -0.156. The number of carbonyl (C=O) groups is 1. The zero-order chi connectivity index (χ0) is 15.1. The summed E-state index contributed by atoms with van der Waals surface area (Å²) in [5.41, 5.74) is 1.02. The largest absolute Gasteiger partial charge is 0.462 e. The first-order valence-electron chi connectivity index (χ1n) is 8.16. The molecule has 0 N–H and O–H groups in total. The molecule has 1 fully saturated rings. The number of hydrogen-bond donors (Lipinski definition) is 0. The van der Waals surface area contributed by atoms with Crippen LogP contribution in [0.3, 0.4) is 0 Å². The molecule has 2 atom stereocenters. The van der Waals surface area contributed by atoms with E-state index in [0.717, 1.165) is 24.8 Å². The molecule has 1 saturated heterocycles. The molecule has 3 heteroatoms. The van der Waals surface area contributed by atoms with Gasteiger partial charge in [0, 0.05) is 5.02 Å². The van der Waals surface area contributed by atoms with E-state index in [1.54, 1.807) is 0 Å². The van der Waals surface area contributed by atoms with Crippen LogP contribution in [0, 0.1) is 0 Å². The number of carbonyl (C=O) groups excluding carboxylic acids is 1. The SMILES string of the molecule is CCCCCCCC1CCC(c2ccc(Cl)cc2)C(=O)O1. The van der Waals surface area contributed by atoms with E-state index in [2.05, 4.69) is 6.92 Å². The third-order valence-corrected chi connectivity index (χ3v) is 4.50. The molecule has 1 aromatic rings. The molecule has 0 bridgehead atoms. The van der Waals surface area contributed by atoms with E-state index in [9.17, 15) is 4.79 Å². The molecule has 1 aromatic carbocycles. The van der Waals surface area contributed by atoms with Crippen molar-refractivity contribution < 1.29 is 9.53 Å². The standard InChI is InChI=1S/C18H25ClO2/c1-2-3-4-5-6-7-16-12-13-17(18(20)21-16)14-8-10-15(19)11-9-14/h8-11,16-17H,2-7,12-13H2,1H3. The molecule has 0 spiro atoms. The Bertz CT molecular complexity index is 441. The Morgan fingerprint density at radius 1 is 1.10 bits per heavy atom. The van der Waals surface area contributed by atoms with E-state index < -0.39 is 0 Å². The first kappa shape index (κ1) is 16.4. The fraction of sp³-hybridized carbons (Fsp3) is 0.611. The summed E-state index contributed by atoms with van der Waals surface area (Å²) >= 11 is 5.89. The van der Waals surface area contributed by atoms with Crippen LogP contribution in [0.5, 0.6) is 0 Å². The quantitative estimate of drug-likeness (QED) is 0.492. The van der Waals surface area contributed by atoms with Crippen LogP contribution >= 0.6 is 11.6 Å². The molecular weight excluding hydrogens is 284 g/mol. The van der Waals surface area contributed by atoms with Crippen molar-refractivity contribution in [3.63, 3.8) is 0 Å². The van der Waals surface area contributed by atoms with E-state index in [4.69, 9.17) is 16.3 Å². The Balaban J connectivity index is 1.77. The van der Waals surface area contributed by atoms with E-state index >= 15 is 0 Å². The fourth-order valence-corrected chi connectivity index (χ4v) is 3.08. The fourth-order valence-electron chi connectivity index (χ4n) is 2.95. The lowest BCUT2D eigenvalue weighted by Crippen LogP contribution is -2.29. The van der Waals surface area contributed by atoms with Gasteiger partial charge in [-0.05, 0) is 43.4 Å². The van der Waals surface area contributed by atoms with Gasteiger partial charge in [0.05, 0.1) is 5.92 Å². The van der Waals surface area contributed by atoms with Crippen molar-refractivity contribution in [1.29, 1.82) is 0 Å². The Hall–Kier alpha value is -1.02. The average molecular weight is 309 g/mol. The average Bonchev–Trinajstić information content (AvgIpc) is 2.48. The van der Waals surface area contributed by atoms with Gasteiger partial charge in [-0.1, -0.05) is 56.3 Å². The topological polar surface area (TPSA) is 26.3 Å². The summed E-state index contributed by atoms with van der Waals surface area (Å²) in [5.74, 6) is -0.180. The minimum Gasteiger partial charge on any atom is -0.462 e. The summed E-state index contributed by atoms with van der Waals surface area (Å²) in [6.45, 7) is 2.22. The van der Waals surface area contributed by atoms with Crippen molar-refractivity contribution in [3.05, 3.63) is 34.9 Å². The molecular formula is C18H25ClO2. The molecule has 116 valence electrons. The number of cyclic esters (lactones) is 1.